The summed E-state index contributed by atoms with van der Waals surface area (Å²) in [6, 6.07) is 26.1. The average molecular weight is 423 g/mol. The predicted molar refractivity (Wildman–Crippen MR) is 111 cm³/mol. The molecule has 0 saturated carbocycles. The molecule has 4 rings (SSSR count). The molecule has 5 heteroatoms. The predicted octanol–water partition coefficient (Wildman–Crippen LogP) is 4.06. The van der Waals surface area contributed by atoms with Crippen molar-refractivity contribution in [3.05, 3.63) is 94.5 Å². The molecule has 0 saturated heterocycles. The number of nitrogen functional groups attached to an aromatic ring is 1. The second kappa shape index (κ2) is 7.55. The molecule has 0 aliphatic rings. The fourth-order valence-corrected chi connectivity index (χ4v) is 3.66. The maximum atomic E-state index is 10.7. The molecule has 136 valence electrons. The van der Waals surface area contributed by atoms with Crippen LogP contribution in [0.2, 0.25) is 0 Å². The van der Waals surface area contributed by atoms with Gasteiger partial charge in [-0.25, -0.2) is 9.13 Å². The summed E-state index contributed by atoms with van der Waals surface area (Å²) in [7, 11) is 0. The van der Waals surface area contributed by atoms with E-state index in [0.717, 1.165) is 21.1 Å². The van der Waals surface area contributed by atoms with E-state index in [-0.39, 0.29) is 0 Å². The van der Waals surface area contributed by atoms with Crippen molar-refractivity contribution in [3.63, 3.8) is 0 Å². The SMILES string of the molecule is Nc1n(CC(O)c2ccc(Br)cc2)c2ccccc2[n+]1Cc1ccccc1. The molecule has 0 aliphatic carbocycles. The van der Waals surface area contributed by atoms with Gasteiger partial charge in [-0.05, 0) is 35.4 Å². The molecule has 1 heterocycles. The smallest absolute Gasteiger partial charge is 0.356 e. The zero-order valence-electron chi connectivity index (χ0n) is 14.8. The van der Waals surface area contributed by atoms with Gasteiger partial charge >= 0.3 is 5.95 Å². The van der Waals surface area contributed by atoms with Crippen LogP contribution in [0.3, 0.4) is 0 Å². The molecule has 3 aromatic carbocycles. The van der Waals surface area contributed by atoms with Crippen molar-refractivity contribution in [3.8, 4) is 0 Å². The normalized spacial score (nSPS) is 12.4. The van der Waals surface area contributed by atoms with Crippen molar-refractivity contribution < 1.29 is 9.67 Å². The highest BCUT2D eigenvalue weighted by Gasteiger charge is 2.23. The van der Waals surface area contributed by atoms with Gasteiger partial charge in [-0.1, -0.05) is 70.5 Å². The van der Waals surface area contributed by atoms with Gasteiger partial charge in [-0.15, -0.1) is 0 Å². The van der Waals surface area contributed by atoms with Crippen LogP contribution in [0.1, 0.15) is 17.2 Å². The number of para-hydroxylation sites is 2. The van der Waals surface area contributed by atoms with Crippen LogP contribution < -0.4 is 10.3 Å². The van der Waals surface area contributed by atoms with E-state index in [1.54, 1.807) is 0 Å². The van der Waals surface area contributed by atoms with E-state index in [1.165, 1.54) is 5.56 Å². The first kappa shape index (κ1) is 17.8. The van der Waals surface area contributed by atoms with Gasteiger partial charge < -0.3 is 5.11 Å². The summed E-state index contributed by atoms with van der Waals surface area (Å²) in [5.74, 6) is 0.635. The van der Waals surface area contributed by atoms with E-state index in [2.05, 4.69) is 38.7 Å². The number of nitrogens with zero attached hydrogens (tertiary/aromatic N) is 2. The van der Waals surface area contributed by atoms with Gasteiger partial charge in [0.25, 0.3) is 0 Å². The van der Waals surface area contributed by atoms with Crippen LogP contribution in [0.5, 0.6) is 0 Å². The summed E-state index contributed by atoms with van der Waals surface area (Å²) >= 11 is 3.43. The highest BCUT2D eigenvalue weighted by atomic mass is 79.9. The first-order chi connectivity index (χ1) is 13.1. The minimum atomic E-state index is -0.638. The molecule has 0 radical (unpaired) electrons. The van der Waals surface area contributed by atoms with Gasteiger partial charge in [-0.2, -0.15) is 0 Å². The molecule has 3 N–H and O–H groups in total. The molecule has 0 fully saturated rings. The molecule has 1 atom stereocenters. The lowest BCUT2D eigenvalue weighted by Crippen LogP contribution is -2.37. The van der Waals surface area contributed by atoms with Crippen LogP contribution in [0.15, 0.2) is 83.3 Å². The van der Waals surface area contributed by atoms with Crippen LogP contribution >= 0.6 is 15.9 Å². The number of benzene rings is 3. The van der Waals surface area contributed by atoms with Crippen molar-refractivity contribution in [2.75, 3.05) is 5.73 Å². The minimum Gasteiger partial charge on any atom is -0.385 e. The number of aliphatic hydroxyl groups is 1. The molecule has 4 nitrogen and oxygen atoms in total. The second-order valence-corrected chi connectivity index (χ2v) is 7.51. The monoisotopic (exact) mass is 422 g/mol. The number of imidazole rings is 1. The number of nitrogens with two attached hydrogens (primary N) is 1. The molecular formula is C22H21BrN3O+. The fraction of sp³-hybridized carbons (Fsp3) is 0.136. The topological polar surface area (TPSA) is 55.1 Å². The summed E-state index contributed by atoms with van der Waals surface area (Å²) in [6.45, 7) is 1.09. The molecule has 0 bridgehead atoms. The Morgan fingerprint density at radius 3 is 2.33 bits per heavy atom. The second-order valence-electron chi connectivity index (χ2n) is 6.60. The number of rotatable bonds is 5. The van der Waals surface area contributed by atoms with Crippen molar-refractivity contribution >= 4 is 32.9 Å². The van der Waals surface area contributed by atoms with Gasteiger partial charge in [0.1, 0.15) is 23.7 Å². The Labute approximate surface area is 166 Å². The third-order valence-electron chi connectivity index (χ3n) is 4.81. The molecule has 27 heavy (non-hydrogen) atoms. The maximum absolute atomic E-state index is 10.7. The molecule has 1 aromatic heterocycles. The molecule has 0 aliphatic heterocycles. The van der Waals surface area contributed by atoms with Crippen molar-refractivity contribution in [2.24, 2.45) is 0 Å². The number of anilines is 1. The maximum Gasteiger partial charge on any atom is 0.356 e. The Hall–Kier alpha value is -2.63. The Morgan fingerprint density at radius 2 is 1.59 bits per heavy atom. The van der Waals surface area contributed by atoms with Crippen molar-refractivity contribution in [1.29, 1.82) is 0 Å². The third-order valence-corrected chi connectivity index (χ3v) is 5.34. The van der Waals surface area contributed by atoms with Crippen molar-refractivity contribution in [1.82, 2.24) is 4.57 Å². The van der Waals surface area contributed by atoms with E-state index < -0.39 is 6.10 Å². The first-order valence-corrected chi connectivity index (χ1v) is 9.67. The van der Waals surface area contributed by atoms with Crippen LogP contribution in [-0.4, -0.2) is 9.67 Å². The highest BCUT2D eigenvalue weighted by molar-refractivity contribution is 9.10. The van der Waals surface area contributed by atoms with E-state index in [0.29, 0.717) is 19.0 Å². The lowest BCUT2D eigenvalue weighted by Gasteiger charge is -2.11. The van der Waals surface area contributed by atoms with Crippen LogP contribution in [-0.2, 0) is 13.1 Å². The van der Waals surface area contributed by atoms with E-state index in [1.807, 2.05) is 65.2 Å². The van der Waals surface area contributed by atoms with Gasteiger partial charge in [0.15, 0.2) is 0 Å². The number of halogens is 1. The molecule has 1 unspecified atom stereocenters. The Kier molecular flexibility index (Phi) is 4.97. The van der Waals surface area contributed by atoms with Gasteiger partial charge in [0.2, 0.25) is 0 Å². The number of fused-ring (bicyclic) bond motifs is 1. The number of aromatic nitrogens is 2. The molecular weight excluding hydrogens is 402 g/mol. The standard InChI is InChI=1S/C22H20BrN3O/c23-18-12-10-17(11-13-18)21(27)15-26-20-9-5-4-8-19(20)25(22(26)24)14-16-6-2-1-3-7-16/h1-13,21,24,27H,14-15H2/p+1. The largest absolute Gasteiger partial charge is 0.385 e. The van der Waals surface area contributed by atoms with Gasteiger partial charge in [0, 0.05) is 4.47 Å². The van der Waals surface area contributed by atoms with E-state index in [9.17, 15) is 5.11 Å². The summed E-state index contributed by atoms with van der Waals surface area (Å²) in [4.78, 5) is 0. The average Bonchev–Trinajstić information content (AvgIpc) is 2.95. The number of hydrogen-bond donors (Lipinski definition) is 2. The lowest BCUT2D eigenvalue weighted by atomic mass is 10.1. The van der Waals surface area contributed by atoms with E-state index >= 15 is 0 Å². The van der Waals surface area contributed by atoms with Gasteiger partial charge in [0.05, 0.1) is 6.54 Å². The lowest BCUT2D eigenvalue weighted by molar-refractivity contribution is -0.648. The zero-order chi connectivity index (χ0) is 18.8. The third kappa shape index (κ3) is 3.61. The Bertz CT molecular complexity index is 1060. The quantitative estimate of drug-likeness (QED) is 0.476. The molecule has 0 amide bonds. The zero-order valence-corrected chi connectivity index (χ0v) is 16.4. The molecule has 4 aromatic rings. The Balaban J connectivity index is 1.72. The van der Waals surface area contributed by atoms with Crippen LogP contribution in [0.25, 0.3) is 11.0 Å². The summed E-state index contributed by atoms with van der Waals surface area (Å²) in [6.07, 6.45) is -0.638. The van der Waals surface area contributed by atoms with Crippen LogP contribution in [0, 0.1) is 0 Å². The molecule has 0 spiro atoms. The van der Waals surface area contributed by atoms with E-state index in [4.69, 9.17) is 5.73 Å². The van der Waals surface area contributed by atoms with Crippen molar-refractivity contribution in [2.45, 2.75) is 19.2 Å². The minimum absolute atomic E-state index is 0.399. The summed E-state index contributed by atoms with van der Waals surface area (Å²) in [5.41, 5.74) is 10.6. The number of aliphatic hydroxyl groups excluding tert-OH is 1. The van der Waals surface area contributed by atoms with Gasteiger partial charge in [-0.3, -0.25) is 5.73 Å². The number of hydrogen-bond acceptors (Lipinski definition) is 2. The van der Waals surface area contributed by atoms with Crippen LogP contribution in [0.4, 0.5) is 5.95 Å². The summed E-state index contributed by atoms with van der Waals surface area (Å²) < 4.78 is 5.08. The summed E-state index contributed by atoms with van der Waals surface area (Å²) in [5, 5.41) is 10.7. The first-order valence-electron chi connectivity index (χ1n) is 8.87. The Morgan fingerprint density at radius 1 is 0.926 bits per heavy atom. The highest BCUT2D eigenvalue weighted by Crippen LogP contribution is 2.23. The fourth-order valence-electron chi connectivity index (χ4n) is 3.40.